The van der Waals surface area contributed by atoms with Gasteiger partial charge in [-0.1, -0.05) is 12.1 Å². The molecule has 2 rings (SSSR count). The zero-order valence-electron chi connectivity index (χ0n) is 10.4. The van der Waals surface area contributed by atoms with Crippen molar-refractivity contribution in [2.24, 2.45) is 0 Å². The molecule has 0 aliphatic carbocycles. The van der Waals surface area contributed by atoms with Crippen molar-refractivity contribution in [2.75, 3.05) is 26.3 Å². The highest BCUT2D eigenvalue weighted by atomic mass is 16.5. The molecule has 1 atom stereocenters. The highest BCUT2D eigenvalue weighted by Gasteiger charge is 2.22. The second kappa shape index (κ2) is 6.03. The average Bonchev–Trinajstić information content (AvgIpc) is 2.77. The molecule has 1 fully saturated rings. The first-order valence-electron chi connectivity index (χ1n) is 6.34. The Balaban J connectivity index is 1.76. The van der Waals surface area contributed by atoms with Crippen LogP contribution in [0.15, 0.2) is 24.3 Å². The Morgan fingerprint density at radius 1 is 1.47 bits per heavy atom. The van der Waals surface area contributed by atoms with Gasteiger partial charge in [-0.2, -0.15) is 0 Å². The summed E-state index contributed by atoms with van der Waals surface area (Å²) < 4.78 is 5.72. The van der Waals surface area contributed by atoms with Crippen LogP contribution in [0.1, 0.15) is 18.4 Å². The summed E-state index contributed by atoms with van der Waals surface area (Å²) in [5.74, 6) is 0.935. The van der Waals surface area contributed by atoms with Gasteiger partial charge in [-0.15, -0.1) is 0 Å². The van der Waals surface area contributed by atoms with Crippen molar-refractivity contribution in [3.8, 4) is 5.75 Å². The van der Waals surface area contributed by atoms with Crippen LogP contribution in [0.4, 0.5) is 0 Å². The Morgan fingerprint density at radius 3 is 3.12 bits per heavy atom. The number of nitrogens with zero attached hydrogens (tertiary/aromatic N) is 1. The third-order valence-corrected chi connectivity index (χ3v) is 3.35. The van der Waals surface area contributed by atoms with E-state index in [1.54, 1.807) is 0 Å². The fourth-order valence-electron chi connectivity index (χ4n) is 2.38. The zero-order chi connectivity index (χ0) is 12.1. The maximum Gasteiger partial charge on any atom is 0.119 e. The van der Waals surface area contributed by atoms with Gasteiger partial charge in [0.1, 0.15) is 12.4 Å². The molecule has 0 saturated carbocycles. The summed E-state index contributed by atoms with van der Waals surface area (Å²) in [6.45, 7) is 5.01. The minimum Gasteiger partial charge on any atom is -0.492 e. The number of aryl methyl sites for hydroxylation is 1. The van der Waals surface area contributed by atoms with Gasteiger partial charge in [-0.3, -0.25) is 4.90 Å². The van der Waals surface area contributed by atoms with Crippen molar-refractivity contribution in [1.29, 1.82) is 0 Å². The van der Waals surface area contributed by atoms with Gasteiger partial charge < -0.3 is 9.84 Å². The number of hydrogen-bond acceptors (Lipinski definition) is 3. The fourth-order valence-corrected chi connectivity index (χ4v) is 2.38. The van der Waals surface area contributed by atoms with E-state index in [4.69, 9.17) is 4.74 Å². The Hall–Kier alpha value is -1.06. The van der Waals surface area contributed by atoms with Crippen LogP contribution in [-0.2, 0) is 0 Å². The average molecular weight is 235 g/mol. The van der Waals surface area contributed by atoms with Crippen LogP contribution in [0.2, 0.25) is 0 Å². The van der Waals surface area contributed by atoms with Crippen LogP contribution in [0.3, 0.4) is 0 Å². The third kappa shape index (κ3) is 3.45. The molecule has 1 aromatic rings. The lowest BCUT2D eigenvalue weighted by Gasteiger charge is -2.22. The number of rotatable bonds is 5. The first-order chi connectivity index (χ1) is 8.29. The van der Waals surface area contributed by atoms with E-state index in [1.165, 1.54) is 12.0 Å². The minimum atomic E-state index is 0.268. The van der Waals surface area contributed by atoms with Crippen LogP contribution in [0, 0.1) is 6.92 Å². The smallest absolute Gasteiger partial charge is 0.119 e. The molecule has 1 aliphatic heterocycles. The van der Waals surface area contributed by atoms with E-state index in [0.29, 0.717) is 12.6 Å². The summed E-state index contributed by atoms with van der Waals surface area (Å²) >= 11 is 0. The van der Waals surface area contributed by atoms with E-state index < -0.39 is 0 Å². The van der Waals surface area contributed by atoms with Crippen LogP contribution in [-0.4, -0.2) is 42.4 Å². The van der Waals surface area contributed by atoms with E-state index in [1.807, 2.05) is 18.2 Å². The molecule has 1 aromatic carbocycles. The molecule has 0 unspecified atom stereocenters. The standard InChI is InChI=1S/C14H21NO2/c1-12-4-2-6-14(10-12)17-9-8-15-7-3-5-13(15)11-16/h2,4,6,10,13,16H,3,5,7-9,11H2,1H3/t13-/m1/s1. The summed E-state index contributed by atoms with van der Waals surface area (Å²) in [5, 5.41) is 9.21. The lowest BCUT2D eigenvalue weighted by molar-refractivity contribution is 0.139. The number of ether oxygens (including phenoxy) is 1. The van der Waals surface area contributed by atoms with Gasteiger partial charge in [0.2, 0.25) is 0 Å². The Labute approximate surface area is 103 Å². The lowest BCUT2D eigenvalue weighted by Crippen LogP contribution is -2.35. The van der Waals surface area contributed by atoms with Crippen molar-refractivity contribution in [1.82, 2.24) is 4.90 Å². The van der Waals surface area contributed by atoms with Crippen LogP contribution >= 0.6 is 0 Å². The van der Waals surface area contributed by atoms with Gasteiger partial charge in [-0.25, -0.2) is 0 Å². The van der Waals surface area contributed by atoms with Crippen LogP contribution in [0.5, 0.6) is 5.75 Å². The number of aliphatic hydroxyl groups excluding tert-OH is 1. The van der Waals surface area contributed by atoms with Gasteiger partial charge in [0.05, 0.1) is 6.61 Å². The summed E-state index contributed by atoms with van der Waals surface area (Å²) in [4.78, 5) is 2.32. The van der Waals surface area contributed by atoms with Crippen LogP contribution in [0.25, 0.3) is 0 Å². The second-order valence-corrected chi connectivity index (χ2v) is 4.68. The molecule has 0 radical (unpaired) electrons. The maximum absolute atomic E-state index is 9.21. The maximum atomic E-state index is 9.21. The number of likely N-dealkylation sites (tertiary alicyclic amines) is 1. The van der Waals surface area contributed by atoms with Crippen molar-refractivity contribution in [3.05, 3.63) is 29.8 Å². The SMILES string of the molecule is Cc1cccc(OCCN2CCC[C@@H]2CO)c1. The molecule has 3 nitrogen and oxygen atoms in total. The van der Waals surface area contributed by atoms with E-state index in [2.05, 4.69) is 17.9 Å². The summed E-state index contributed by atoms with van der Waals surface area (Å²) in [5.41, 5.74) is 1.22. The summed E-state index contributed by atoms with van der Waals surface area (Å²) in [6, 6.07) is 8.45. The molecular weight excluding hydrogens is 214 g/mol. The van der Waals surface area contributed by atoms with Crippen molar-refractivity contribution in [3.63, 3.8) is 0 Å². The fraction of sp³-hybridized carbons (Fsp3) is 0.571. The number of benzene rings is 1. The Morgan fingerprint density at radius 2 is 2.35 bits per heavy atom. The molecule has 1 saturated heterocycles. The zero-order valence-corrected chi connectivity index (χ0v) is 10.4. The van der Waals surface area contributed by atoms with Gasteiger partial charge in [0.25, 0.3) is 0 Å². The first kappa shape index (κ1) is 12.4. The summed E-state index contributed by atoms with van der Waals surface area (Å²) in [6.07, 6.45) is 2.30. The number of aliphatic hydroxyl groups is 1. The van der Waals surface area contributed by atoms with Gasteiger partial charge in [0.15, 0.2) is 0 Å². The predicted molar refractivity (Wildman–Crippen MR) is 68.4 cm³/mol. The Kier molecular flexibility index (Phi) is 4.40. The van der Waals surface area contributed by atoms with E-state index in [9.17, 15) is 5.11 Å². The molecule has 0 bridgehead atoms. The molecule has 94 valence electrons. The highest BCUT2D eigenvalue weighted by Crippen LogP contribution is 2.17. The minimum absolute atomic E-state index is 0.268. The van der Waals surface area contributed by atoms with Crippen molar-refractivity contribution < 1.29 is 9.84 Å². The van der Waals surface area contributed by atoms with E-state index in [0.717, 1.165) is 25.3 Å². The van der Waals surface area contributed by atoms with Crippen LogP contribution < -0.4 is 4.74 Å². The van der Waals surface area contributed by atoms with Gasteiger partial charge in [0, 0.05) is 12.6 Å². The number of hydrogen-bond donors (Lipinski definition) is 1. The Bertz CT molecular complexity index is 354. The topological polar surface area (TPSA) is 32.7 Å². The molecule has 0 amide bonds. The molecule has 1 aliphatic rings. The molecule has 1 heterocycles. The van der Waals surface area contributed by atoms with E-state index in [-0.39, 0.29) is 6.61 Å². The lowest BCUT2D eigenvalue weighted by atomic mass is 10.2. The molecule has 3 heteroatoms. The molecule has 17 heavy (non-hydrogen) atoms. The van der Waals surface area contributed by atoms with Crippen molar-refractivity contribution in [2.45, 2.75) is 25.8 Å². The molecular formula is C14H21NO2. The van der Waals surface area contributed by atoms with Crippen molar-refractivity contribution >= 4 is 0 Å². The predicted octanol–water partition coefficient (Wildman–Crippen LogP) is 1.83. The monoisotopic (exact) mass is 235 g/mol. The van der Waals surface area contributed by atoms with E-state index >= 15 is 0 Å². The van der Waals surface area contributed by atoms with Gasteiger partial charge in [-0.05, 0) is 44.0 Å². The van der Waals surface area contributed by atoms with Gasteiger partial charge >= 0.3 is 0 Å². The summed E-state index contributed by atoms with van der Waals surface area (Å²) in [7, 11) is 0. The molecule has 0 spiro atoms. The normalized spacial score (nSPS) is 20.7. The molecule has 1 N–H and O–H groups in total. The largest absolute Gasteiger partial charge is 0.492 e. The first-order valence-corrected chi connectivity index (χ1v) is 6.34. The third-order valence-electron chi connectivity index (χ3n) is 3.35. The second-order valence-electron chi connectivity index (χ2n) is 4.68. The quantitative estimate of drug-likeness (QED) is 0.845. The highest BCUT2D eigenvalue weighted by molar-refractivity contribution is 5.27. The molecule has 0 aromatic heterocycles.